The Morgan fingerprint density at radius 2 is 1.86 bits per heavy atom. The first-order valence-electron chi connectivity index (χ1n) is 6.16. The molecule has 0 spiro atoms. The zero-order valence-electron chi connectivity index (χ0n) is 11.5. The van der Waals surface area contributed by atoms with Crippen LogP contribution in [0.25, 0.3) is 0 Å². The molecule has 0 aliphatic heterocycles. The highest BCUT2D eigenvalue weighted by Gasteiger charge is 2.46. The van der Waals surface area contributed by atoms with Gasteiger partial charge in [-0.2, -0.15) is 4.72 Å². The molecule has 0 amide bonds. The first kappa shape index (κ1) is 16.6. The van der Waals surface area contributed by atoms with E-state index in [4.69, 9.17) is 0 Å². The first-order chi connectivity index (χ1) is 10.3. The lowest BCUT2D eigenvalue weighted by molar-refractivity contribution is -0.142. The molecule has 0 radical (unpaired) electrons. The molecule has 0 aliphatic carbocycles. The normalized spacial score (nSPS) is 14.3. The molecule has 0 saturated carbocycles. The second-order valence-corrected chi connectivity index (χ2v) is 7.14. The van der Waals surface area contributed by atoms with Crippen molar-refractivity contribution < 1.29 is 18.3 Å². The molecule has 116 valence electrons. The van der Waals surface area contributed by atoms with Crippen molar-refractivity contribution in [1.82, 2.24) is 9.71 Å². The molecule has 22 heavy (non-hydrogen) atoms. The Balaban J connectivity index is 2.83. The van der Waals surface area contributed by atoms with Gasteiger partial charge in [0.2, 0.25) is 10.0 Å². The molecule has 2 rings (SSSR count). The first-order valence-corrected chi connectivity index (χ1v) is 8.84. The van der Waals surface area contributed by atoms with Crippen molar-refractivity contribution in [3.05, 3.63) is 64.4 Å². The SMILES string of the molecule is CS(=O)(=O)NC(C(=O)O)(c1ccccc1)c1cccnc1Br. The second kappa shape index (κ2) is 6.15. The molecule has 2 aromatic rings. The maximum absolute atomic E-state index is 12.1. The molecule has 8 heteroatoms. The zero-order valence-corrected chi connectivity index (χ0v) is 13.9. The predicted molar refractivity (Wildman–Crippen MR) is 84.8 cm³/mol. The molecular weight excluding hydrogens is 372 g/mol. The van der Waals surface area contributed by atoms with E-state index in [1.165, 1.54) is 12.3 Å². The zero-order chi connectivity index (χ0) is 16.4. The van der Waals surface area contributed by atoms with Crippen molar-refractivity contribution in [3.8, 4) is 0 Å². The van der Waals surface area contributed by atoms with Crippen molar-refractivity contribution in [2.24, 2.45) is 0 Å². The fourth-order valence-electron chi connectivity index (χ4n) is 2.18. The highest BCUT2D eigenvalue weighted by Crippen LogP contribution is 2.34. The molecule has 6 nitrogen and oxygen atoms in total. The summed E-state index contributed by atoms with van der Waals surface area (Å²) in [7, 11) is -3.82. The molecule has 1 unspecified atom stereocenters. The number of hydrogen-bond donors (Lipinski definition) is 2. The minimum atomic E-state index is -3.82. The number of aliphatic carboxylic acids is 1. The summed E-state index contributed by atoms with van der Waals surface area (Å²) in [6.45, 7) is 0. The maximum atomic E-state index is 12.1. The third-order valence-corrected chi connectivity index (χ3v) is 4.34. The van der Waals surface area contributed by atoms with Gasteiger partial charge in [-0.15, -0.1) is 0 Å². The highest BCUT2D eigenvalue weighted by atomic mass is 79.9. The number of hydrogen-bond acceptors (Lipinski definition) is 4. The molecule has 0 fully saturated rings. The van der Waals surface area contributed by atoms with Crippen LogP contribution >= 0.6 is 15.9 Å². The van der Waals surface area contributed by atoms with Crippen LogP contribution in [-0.2, 0) is 20.4 Å². The molecule has 0 aliphatic rings. The van der Waals surface area contributed by atoms with Crippen molar-refractivity contribution in [1.29, 1.82) is 0 Å². The van der Waals surface area contributed by atoms with Crippen LogP contribution in [0.1, 0.15) is 11.1 Å². The van der Waals surface area contributed by atoms with Gasteiger partial charge in [-0.1, -0.05) is 36.4 Å². The number of benzene rings is 1. The summed E-state index contributed by atoms with van der Waals surface area (Å²) < 4.78 is 26.1. The van der Waals surface area contributed by atoms with Crippen LogP contribution in [0.4, 0.5) is 0 Å². The van der Waals surface area contributed by atoms with Gasteiger partial charge in [0.05, 0.1) is 6.26 Å². The van der Waals surface area contributed by atoms with Gasteiger partial charge in [-0.05, 0) is 27.6 Å². The Kier molecular flexibility index (Phi) is 4.64. The minimum absolute atomic E-state index is 0.194. The van der Waals surface area contributed by atoms with Gasteiger partial charge >= 0.3 is 5.97 Å². The Labute approximate surface area is 136 Å². The van der Waals surface area contributed by atoms with Crippen molar-refractivity contribution in [3.63, 3.8) is 0 Å². The molecule has 1 aromatic carbocycles. The summed E-state index contributed by atoms with van der Waals surface area (Å²) in [5.74, 6) is -1.35. The van der Waals surface area contributed by atoms with E-state index in [9.17, 15) is 18.3 Å². The van der Waals surface area contributed by atoms with Crippen LogP contribution in [0.15, 0.2) is 53.3 Å². The minimum Gasteiger partial charge on any atom is -0.479 e. The summed E-state index contributed by atoms with van der Waals surface area (Å²) in [5.41, 5.74) is -1.50. The molecule has 0 saturated heterocycles. The summed E-state index contributed by atoms with van der Waals surface area (Å²) in [6, 6.07) is 11.1. The number of aromatic nitrogens is 1. The monoisotopic (exact) mass is 384 g/mol. The van der Waals surface area contributed by atoms with Gasteiger partial charge in [0.25, 0.3) is 0 Å². The Morgan fingerprint density at radius 3 is 2.36 bits per heavy atom. The second-order valence-electron chi connectivity index (χ2n) is 4.64. The smallest absolute Gasteiger partial charge is 0.334 e. The number of carboxylic acids is 1. The number of carbonyl (C=O) groups is 1. The van der Waals surface area contributed by atoms with Crippen LogP contribution in [-0.4, -0.2) is 30.7 Å². The quantitative estimate of drug-likeness (QED) is 0.765. The van der Waals surface area contributed by atoms with Crippen molar-refractivity contribution >= 4 is 31.9 Å². The molecule has 1 aromatic heterocycles. The van der Waals surface area contributed by atoms with Crippen LogP contribution in [0.5, 0.6) is 0 Å². The Morgan fingerprint density at radius 1 is 1.23 bits per heavy atom. The van der Waals surface area contributed by atoms with Gasteiger partial charge < -0.3 is 5.11 Å². The fraction of sp³-hybridized carbons (Fsp3) is 0.143. The summed E-state index contributed by atoms with van der Waals surface area (Å²) in [4.78, 5) is 16.1. The molecule has 2 N–H and O–H groups in total. The number of rotatable bonds is 5. The molecule has 0 bridgehead atoms. The van der Waals surface area contributed by atoms with E-state index in [1.54, 1.807) is 36.4 Å². The molecule has 1 heterocycles. The summed E-state index contributed by atoms with van der Waals surface area (Å²) in [6.07, 6.45) is 2.39. The topological polar surface area (TPSA) is 96.4 Å². The van der Waals surface area contributed by atoms with E-state index in [1.807, 2.05) is 0 Å². The van der Waals surface area contributed by atoms with Gasteiger partial charge in [-0.25, -0.2) is 18.2 Å². The van der Waals surface area contributed by atoms with E-state index < -0.39 is 21.5 Å². The van der Waals surface area contributed by atoms with Crippen molar-refractivity contribution in [2.75, 3.05) is 6.26 Å². The molecular formula is C14H13BrN2O4S. The number of nitrogens with one attached hydrogen (secondary N) is 1. The van der Waals surface area contributed by atoms with Crippen LogP contribution < -0.4 is 4.72 Å². The third-order valence-electron chi connectivity index (χ3n) is 3.03. The average molecular weight is 385 g/mol. The van der Waals surface area contributed by atoms with E-state index >= 15 is 0 Å². The van der Waals surface area contributed by atoms with E-state index in [2.05, 4.69) is 25.6 Å². The lowest BCUT2D eigenvalue weighted by atomic mass is 9.85. The van der Waals surface area contributed by atoms with Crippen LogP contribution in [0.3, 0.4) is 0 Å². The fourth-order valence-corrected chi connectivity index (χ4v) is 3.60. The lowest BCUT2D eigenvalue weighted by Crippen LogP contribution is -2.52. The number of nitrogens with zero attached hydrogens (tertiary/aromatic N) is 1. The van der Waals surface area contributed by atoms with E-state index in [0.717, 1.165) is 6.26 Å². The number of pyridine rings is 1. The Hall–Kier alpha value is -1.77. The van der Waals surface area contributed by atoms with Crippen molar-refractivity contribution in [2.45, 2.75) is 5.54 Å². The third kappa shape index (κ3) is 3.18. The van der Waals surface area contributed by atoms with Crippen LogP contribution in [0, 0.1) is 0 Å². The van der Waals surface area contributed by atoms with E-state index in [-0.39, 0.29) is 15.7 Å². The van der Waals surface area contributed by atoms with Crippen LogP contribution in [0.2, 0.25) is 0 Å². The number of carboxylic acid groups (broad SMARTS) is 1. The summed E-state index contributed by atoms with van der Waals surface area (Å²) in [5, 5.41) is 9.84. The maximum Gasteiger partial charge on any atom is 0.334 e. The summed E-state index contributed by atoms with van der Waals surface area (Å²) >= 11 is 3.20. The van der Waals surface area contributed by atoms with Gasteiger partial charge in [-0.3, -0.25) is 0 Å². The van der Waals surface area contributed by atoms with Gasteiger partial charge in [0.1, 0.15) is 4.60 Å². The van der Waals surface area contributed by atoms with Gasteiger partial charge in [0.15, 0.2) is 5.54 Å². The van der Waals surface area contributed by atoms with E-state index in [0.29, 0.717) is 0 Å². The van der Waals surface area contributed by atoms with Gasteiger partial charge in [0, 0.05) is 11.8 Å². The predicted octanol–water partition coefficient (Wildman–Crippen LogP) is 1.72. The number of sulfonamides is 1. The Bertz CT molecular complexity index is 795. The largest absolute Gasteiger partial charge is 0.479 e. The lowest BCUT2D eigenvalue weighted by Gasteiger charge is -2.31. The molecule has 1 atom stereocenters. The number of halogens is 1. The average Bonchev–Trinajstić information content (AvgIpc) is 2.45. The highest BCUT2D eigenvalue weighted by molar-refractivity contribution is 9.10. The standard InChI is InChI=1S/C14H13BrN2O4S/c1-22(20,21)17-14(13(18)19,10-6-3-2-4-7-10)11-8-5-9-16-12(11)15/h2-9,17H,1H3,(H,18,19).